The molecule has 0 aromatic heterocycles. The Hall–Kier alpha value is -1.62. The summed E-state index contributed by atoms with van der Waals surface area (Å²) in [5, 5.41) is 2.87. The van der Waals surface area contributed by atoms with Gasteiger partial charge in [0.2, 0.25) is 5.91 Å². The monoisotopic (exact) mass is 286 g/mol. The summed E-state index contributed by atoms with van der Waals surface area (Å²) in [5.74, 6) is -1.47. The number of benzene rings is 1. The molecule has 2 amide bonds. The van der Waals surface area contributed by atoms with E-state index in [1.165, 1.54) is 17.0 Å². The molecule has 6 heteroatoms. The molecule has 1 aromatic carbocycles. The summed E-state index contributed by atoms with van der Waals surface area (Å²) >= 11 is 5.75. The first-order valence-electron chi connectivity index (χ1n) is 6.00. The molecule has 0 saturated heterocycles. The Kier molecular flexibility index (Phi) is 5.76. The average Bonchev–Trinajstić information content (AvgIpc) is 2.38. The SMILES string of the molecule is CCNC(=O)CN(CC)C(=O)c1cc(Cl)ccc1F. The van der Waals surface area contributed by atoms with E-state index in [4.69, 9.17) is 11.6 Å². The van der Waals surface area contributed by atoms with Gasteiger partial charge in [0.25, 0.3) is 5.91 Å². The maximum absolute atomic E-state index is 13.6. The van der Waals surface area contributed by atoms with Crippen LogP contribution in [0.3, 0.4) is 0 Å². The molecule has 0 radical (unpaired) electrons. The molecule has 0 heterocycles. The molecule has 1 rings (SSSR count). The molecule has 0 aliphatic carbocycles. The van der Waals surface area contributed by atoms with Gasteiger partial charge in [-0.15, -0.1) is 0 Å². The fourth-order valence-corrected chi connectivity index (χ4v) is 1.76. The normalized spacial score (nSPS) is 10.1. The summed E-state index contributed by atoms with van der Waals surface area (Å²) in [4.78, 5) is 24.9. The highest BCUT2D eigenvalue weighted by Gasteiger charge is 2.20. The first-order chi connectivity index (χ1) is 8.99. The Balaban J connectivity index is 2.89. The molecule has 1 aromatic rings. The fraction of sp³-hybridized carbons (Fsp3) is 0.385. The van der Waals surface area contributed by atoms with Gasteiger partial charge >= 0.3 is 0 Å². The maximum Gasteiger partial charge on any atom is 0.257 e. The molecule has 0 fully saturated rings. The Labute approximate surface area is 116 Å². The number of halogens is 2. The first kappa shape index (κ1) is 15.4. The smallest absolute Gasteiger partial charge is 0.257 e. The van der Waals surface area contributed by atoms with Crippen molar-refractivity contribution in [3.8, 4) is 0 Å². The van der Waals surface area contributed by atoms with E-state index in [0.29, 0.717) is 13.1 Å². The van der Waals surface area contributed by atoms with E-state index in [1.54, 1.807) is 13.8 Å². The van der Waals surface area contributed by atoms with E-state index in [0.717, 1.165) is 6.07 Å². The summed E-state index contributed by atoms with van der Waals surface area (Å²) < 4.78 is 13.6. The van der Waals surface area contributed by atoms with Crippen LogP contribution in [0, 0.1) is 5.82 Å². The van der Waals surface area contributed by atoms with Gasteiger partial charge in [-0.25, -0.2) is 4.39 Å². The van der Waals surface area contributed by atoms with Crippen molar-refractivity contribution < 1.29 is 14.0 Å². The number of nitrogens with one attached hydrogen (secondary N) is 1. The van der Waals surface area contributed by atoms with Crippen LogP contribution in [-0.2, 0) is 4.79 Å². The lowest BCUT2D eigenvalue weighted by molar-refractivity contribution is -0.121. The summed E-state index contributed by atoms with van der Waals surface area (Å²) in [6.07, 6.45) is 0. The molecule has 0 atom stereocenters. The van der Waals surface area contributed by atoms with Crippen molar-refractivity contribution >= 4 is 23.4 Å². The molecule has 0 aliphatic rings. The van der Waals surface area contributed by atoms with E-state index >= 15 is 0 Å². The van der Waals surface area contributed by atoms with Gasteiger partial charge in [0.05, 0.1) is 12.1 Å². The zero-order valence-corrected chi connectivity index (χ0v) is 11.6. The quantitative estimate of drug-likeness (QED) is 0.901. The Morgan fingerprint density at radius 1 is 1.37 bits per heavy atom. The summed E-state index contributed by atoms with van der Waals surface area (Å²) in [6, 6.07) is 3.77. The Morgan fingerprint density at radius 3 is 2.63 bits per heavy atom. The fourth-order valence-electron chi connectivity index (χ4n) is 1.59. The Bertz CT molecular complexity index is 480. The van der Waals surface area contributed by atoms with Gasteiger partial charge in [-0.2, -0.15) is 0 Å². The standard InChI is InChI=1S/C13H16ClFN2O2/c1-3-16-12(18)8-17(4-2)13(19)10-7-9(14)5-6-11(10)15/h5-7H,3-4,8H2,1-2H3,(H,16,18). The minimum atomic E-state index is -0.649. The summed E-state index contributed by atoms with van der Waals surface area (Å²) in [6.45, 7) is 4.19. The van der Waals surface area contributed by atoms with Crippen LogP contribution in [0.4, 0.5) is 4.39 Å². The molecule has 19 heavy (non-hydrogen) atoms. The predicted octanol–water partition coefficient (Wildman–Crippen LogP) is 2.08. The van der Waals surface area contributed by atoms with E-state index < -0.39 is 11.7 Å². The van der Waals surface area contributed by atoms with Crippen molar-refractivity contribution in [2.45, 2.75) is 13.8 Å². The van der Waals surface area contributed by atoms with Crippen LogP contribution >= 0.6 is 11.6 Å². The molecular weight excluding hydrogens is 271 g/mol. The number of likely N-dealkylation sites (N-methyl/N-ethyl adjacent to an activating group) is 2. The van der Waals surface area contributed by atoms with Crippen molar-refractivity contribution in [2.75, 3.05) is 19.6 Å². The third kappa shape index (κ3) is 4.21. The second kappa shape index (κ2) is 7.09. The third-order valence-corrected chi connectivity index (χ3v) is 2.77. The van der Waals surface area contributed by atoms with Crippen LogP contribution in [0.1, 0.15) is 24.2 Å². The number of carbonyl (C=O) groups is 2. The van der Waals surface area contributed by atoms with Gasteiger partial charge in [0.1, 0.15) is 5.82 Å². The average molecular weight is 287 g/mol. The predicted molar refractivity (Wildman–Crippen MR) is 71.7 cm³/mol. The molecule has 0 spiro atoms. The zero-order chi connectivity index (χ0) is 14.4. The molecular formula is C13H16ClFN2O2. The van der Waals surface area contributed by atoms with Gasteiger partial charge in [0.15, 0.2) is 0 Å². The molecule has 0 bridgehead atoms. The van der Waals surface area contributed by atoms with Crippen molar-refractivity contribution in [3.63, 3.8) is 0 Å². The van der Waals surface area contributed by atoms with Crippen molar-refractivity contribution in [3.05, 3.63) is 34.6 Å². The van der Waals surface area contributed by atoms with Crippen LogP contribution in [0.5, 0.6) is 0 Å². The Morgan fingerprint density at radius 2 is 2.05 bits per heavy atom. The van der Waals surface area contributed by atoms with Gasteiger partial charge < -0.3 is 10.2 Å². The number of amides is 2. The van der Waals surface area contributed by atoms with E-state index in [-0.39, 0.29) is 23.0 Å². The number of hydrogen-bond acceptors (Lipinski definition) is 2. The van der Waals surface area contributed by atoms with Gasteiger partial charge in [0, 0.05) is 18.1 Å². The van der Waals surface area contributed by atoms with Crippen LogP contribution in [0.25, 0.3) is 0 Å². The highest BCUT2D eigenvalue weighted by atomic mass is 35.5. The molecule has 0 saturated carbocycles. The largest absolute Gasteiger partial charge is 0.355 e. The number of hydrogen-bond donors (Lipinski definition) is 1. The molecule has 0 unspecified atom stereocenters. The third-order valence-electron chi connectivity index (χ3n) is 2.54. The van der Waals surface area contributed by atoms with Crippen molar-refractivity contribution in [2.24, 2.45) is 0 Å². The molecule has 4 nitrogen and oxygen atoms in total. The number of rotatable bonds is 5. The lowest BCUT2D eigenvalue weighted by Crippen LogP contribution is -2.40. The summed E-state index contributed by atoms with van der Waals surface area (Å²) in [7, 11) is 0. The van der Waals surface area contributed by atoms with Gasteiger partial charge in [-0.05, 0) is 32.0 Å². The number of carbonyl (C=O) groups excluding carboxylic acids is 2. The van der Waals surface area contributed by atoms with Crippen LogP contribution in [0.15, 0.2) is 18.2 Å². The molecule has 1 N–H and O–H groups in total. The molecule has 0 aliphatic heterocycles. The second-order valence-corrected chi connectivity index (χ2v) is 4.33. The lowest BCUT2D eigenvalue weighted by Gasteiger charge is -2.20. The van der Waals surface area contributed by atoms with E-state index in [2.05, 4.69) is 5.32 Å². The van der Waals surface area contributed by atoms with E-state index in [9.17, 15) is 14.0 Å². The highest BCUT2D eigenvalue weighted by Crippen LogP contribution is 2.16. The topological polar surface area (TPSA) is 49.4 Å². The minimum absolute atomic E-state index is 0.102. The zero-order valence-electron chi connectivity index (χ0n) is 10.9. The van der Waals surface area contributed by atoms with Crippen LogP contribution in [-0.4, -0.2) is 36.3 Å². The van der Waals surface area contributed by atoms with Crippen molar-refractivity contribution in [1.29, 1.82) is 0 Å². The van der Waals surface area contributed by atoms with Gasteiger partial charge in [-0.1, -0.05) is 11.6 Å². The highest BCUT2D eigenvalue weighted by molar-refractivity contribution is 6.31. The second-order valence-electron chi connectivity index (χ2n) is 3.90. The van der Waals surface area contributed by atoms with Gasteiger partial charge in [-0.3, -0.25) is 9.59 Å². The van der Waals surface area contributed by atoms with Crippen molar-refractivity contribution in [1.82, 2.24) is 10.2 Å². The van der Waals surface area contributed by atoms with Crippen LogP contribution < -0.4 is 5.32 Å². The minimum Gasteiger partial charge on any atom is -0.355 e. The summed E-state index contributed by atoms with van der Waals surface area (Å²) in [5.41, 5.74) is -0.126. The van der Waals surface area contributed by atoms with E-state index in [1.807, 2.05) is 0 Å². The number of nitrogens with zero attached hydrogens (tertiary/aromatic N) is 1. The van der Waals surface area contributed by atoms with Crippen LogP contribution in [0.2, 0.25) is 5.02 Å². The molecule has 104 valence electrons. The lowest BCUT2D eigenvalue weighted by atomic mass is 10.2. The first-order valence-corrected chi connectivity index (χ1v) is 6.38. The maximum atomic E-state index is 13.6.